The normalized spacial score (nSPS) is 10.5. The predicted octanol–water partition coefficient (Wildman–Crippen LogP) is 3.90. The van der Waals surface area contributed by atoms with E-state index in [1.54, 1.807) is 0 Å². The zero-order valence-electron chi connectivity index (χ0n) is 14.9. The summed E-state index contributed by atoms with van der Waals surface area (Å²) in [5, 5.41) is 13.7. The lowest BCUT2D eigenvalue weighted by atomic mass is 10.1. The fraction of sp³-hybridized carbons (Fsp3) is 0.182. The van der Waals surface area contributed by atoms with Gasteiger partial charge in [-0.2, -0.15) is 0 Å². The SMILES string of the molecule is O=C(O)CCC(=O)NCc1cccc(OCc2cccc3ccccc23)c1. The molecule has 0 saturated carbocycles. The van der Waals surface area contributed by atoms with Crippen molar-refractivity contribution in [2.75, 3.05) is 0 Å². The van der Waals surface area contributed by atoms with E-state index in [0.29, 0.717) is 13.2 Å². The van der Waals surface area contributed by atoms with Crippen molar-refractivity contribution in [3.8, 4) is 5.75 Å². The number of carbonyl (C=O) groups excluding carboxylic acids is 1. The van der Waals surface area contributed by atoms with Gasteiger partial charge in [-0.3, -0.25) is 9.59 Å². The number of ether oxygens (including phenoxy) is 1. The average Bonchev–Trinajstić information content (AvgIpc) is 2.69. The third-order valence-corrected chi connectivity index (χ3v) is 4.23. The van der Waals surface area contributed by atoms with Gasteiger partial charge in [0.25, 0.3) is 0 Å². The van der Waals surface area contributed by atoms with E-state index in [1.165, 1.54) is 10.8 Å². The quantitative estimate of drug-likeness (QED) is 0.636. The summed E-state index contributed by atoms with van der Waals surface area (Å²) >= 11 is 0. The molecule has 1 amide bonds. The molecule has 3 aromatic carbocycles. The number of fused-ring (bicyclic) bond motifs is 1. The van der Waals surface area contributed by atoms with Crippen LogP contribution >= 0.6 is 0 Å². The van der Waals surface area contributed by atoms with E-state index < -0.39 is 5.97 Å². The van der Waals surface area contributed by atoms with E-state index in [-0.39, 0.29) is 18.7 Å². The maximum Gasteiger partial charge on any atom is 0.303 e. The molecule has 5 heteroatoms. The first-order chi connectivity index (χ1) is 13.1. The van der Waals surface area contributed by atoms with Crippen LogP contribution in [0.15, 0.2) is 66.7 Å². The van der Waals surface area contributed by atoms with Gasteiger partial charge in [-0.1, -0.05) is 54.6 Å². The number of nitrogens with one attached hydrogen (secondary N) is 1. The minimum absolute atomic E-state index is 0.0212. The number of benzene rings is 3. The topological polar surface area (TPSA) is 75.6 Å². The number of amides is 1. The summed E-state index contributed by atoms with van der Waals surface area (Å²) < 4.78 is 5.94. The Morgan fingerprint density at radius 3 is 2.56 bits per heavy atom. The van der Waals surface area contributed by atoms with Crippen LogP contribution in [0, 0.1) is 0 Å². The molecule has 138 valence electrons. The van der Waals surface area contributed by atoms with Crippen molar-refractivity contribution in [3.63, 3.8) is 0 Å². The Balaban J connectivity index is 1.59. The summed E-state index contributed by atoms with van der Waals surface area (Å²) in [6.45, 7) is 0.791. The van der Waals surface area contributed by atoms with Gasteiger partial charge >= 0.3 is 5.97 Å². The van der Waals surface area contributed by atoms with Gasteiger partial charge in [0.2, 0.25) is 5.91 Å². The maximum absolute atomic E-state index is 11.6. The van der Waals surface area contributed by atoms with Gasteiger partial charge in [-0.25, -0.2) is 0 Å². The molecule has 0 aliphatic rings. The summed E-state index contributed by atoms with van der Waals surface area (Å²) in [4.78, 5) is 22.1. The highest BCUT2D eigenvalue weighted by atomic mass is 16.5. The Morgan fingerprint density at radius 2 is 1.70 bits per heavy atom. The number of carboxylic acid groups (broad SMARTS) is 1. The molecule has 0 aromatic heterocycles. The minimum Gasteiger partial charge on any atom is -0.489 e. The van der Waals surface area contributed by atoms with Crippen LogP contribution in [0.4, 0.5) is 0 Å². The van der Waals surface area contributed by atoms with Crippen molar-refractivity contribution in [1.29, 1.82) is 0 Å². The molecule has 2 N–H and O–H groups in total. The number of hydrogen-bond acceptors (Lipinski definition) is 3. The third-order valence-electron chi connectivity index (χ3n) is 4.23. The molecular formula is C22H21NO4. The van der Waals surface area contributed by atoms with E-state index in [9.17, 15) is 9.59 Å². The predicted molar refractivity (Wildman–Crippen MR) is 103 cm³/mol. The molecule has 0 atom stereocenters. The number of rotatable bonds is 8. The van der Waals surface area contributed by atoms with E-state index in [2.05, 4.69) is 29.6 Å². The first-order valence-corrected chi connectivity index (χ1v) is 8.79. The zero-order chi connectivity index (χ0) is 19.1. The van der Waals surface area contributed by atoms with Crippen molar-refractivity contribution in [2.24, 2.45) is 0 Å². The fourth-order valence-electron chi connectivity index (χ4n) is 2.83. The number of carbonyl (C=O) groups is 2. The van der Waals surface area contributed by atoms with Gasteiger partial charge in [-0.15, -0.1) is 0 Å². The van der Waals surface area contributed by atoms with Gasteiger partial charge in [0.1, 0.15) is 12.4 Å². The van der Waals surface area contributed by atoms with Crippen LogP contribution in [-0.2, 0) is 22.7 Å². The fourth-order valence-corrected chi connectivity index (χ4v) is 2.83. The van der Waals surface area contributed by atoms with E-state index in [1.807, 2.05) is 42.5 Å². The van der Waals surface area contributed by atoms with Crippen molar-refractivity contribution in [2.45, 2.75) is 26.0 Å². The van der Waals surface area contributed by atoms with Crippen molar-refractivity contribution < 1.29 is 19.4 Å². The summed E-state index contributed by atoms with van der Waals surface area (Å²) in [5.41, 5.74) is 2.01. The second-order valence-corrected chi connectivity index (χ2v) is 6.24. The van der Waals surface area contributed by atoms with Crippen molar-refractivity contribution in [1.82, 2.24) is 5.32 Å². The molecular weight excluding hydrogens is 342 g/mol. The molecule has 3 aromatic rings. The molecule has 0 aliphatic heterocycles. The largest absolute Gasteiger partial charge is 0.489 e. The highest BCUT2D eigenvalue weighted by molar-refractivity contribution is 5.85. The molecule has 0 spiro atoms. The monoisotopic (exact) mass is 363 g/mol. The highest BCUT2D eigenvalue weighted by Gasteiger charge is 2.06. The zero-order valence-corrected chi connectivity index (χ0v) is 14.9. The van der Waals surface area contributed by atoms with Gasteiger partial charge in [0, 0.05) is 13.0 Å². The molecule has 5 nitrogen and oxygen atoms in total. The van der Waals surface area contributed by atoms with Crippen LogP contribution in [0.5, 0.6) is 5.75 Å². The summed E-state index contributed by atoms with van der Waals surface area (Å²) in [6.07, 6.45) is -0.188. The molecule has 3 rings (SSSR count). The van der Waals surface area contributed by atoms with Crippen molar-refractivity contribution in [3.05, 3.63) is 77.9 Å². The molecule has 0 bridgehead atoms. The van der Waals surface area contributed by atoms with Gasteiger partial charge in [-0.05, 0) is 34.0 Å². The van der Waals surface area contributed by atoms with Crippen LogP contribution in [0.25, 0.3) is 10.8 Å². The second-order valence-electron chi connectivity index (χ2n) is 6.24. The standard InChI is InChI=1S/C22H21NO4/c24-21(11-12-22(25)26)23-14-16-5-3-9-19(13-16)27-15-18-8-4-7-17-6-1-2-10-20(17)18/h1-10,13H,11-12,14-15H2,(H,23,24)(H,25,26). The van der Waals surface area contributed by atoms with Crippen LogP contribution in [0.1, 0.15) is 24.0 Å². The van der Waals surface area contributed by atoms with Gasteiger partial charge in [0.05, 0.1) is 6.42 Å². The summed E-state index contributed by atoms with van der Waals surface area (Å²) in [5.74, 6) is -0.534. The first-order valence-electron chi connectivity index (χ1n) is 8.79. The number of hydrogen-bond donors (Lipinski definition) is 2. The summed E-state index contributed by atoms with van der Waals surface area (Å²) in [7, 11) is 0. The molecule has 0 fully saturated rings. The maximum atomic E-state index is 11.6. The van der Waals surface area contributed by atoms with Crippen LogP contribution in [0.2, 0.25) is 0 Å². The molecule has 0 heterocycles. The van der Waals surface area contributed by atoms with E-state index in [4.69, 9.17) is 9.84 Å². The molecule has 0 saturated heterocycles. The van der Waals surface area contributed by atoms with E-state index in [0.717, 1.165) is 16.9 Å². The van der Waals surface area contributed by atoms with Gasteiger partial charge in [0.15, 0.2) is 0 Å². The minimum atomic E-state index is -0.978. The molecule has 0 aliphatic carbocycles. The van der Waals surface area contributed by atoms with E-state index >= 15 is 0 Å². The van der Waals surface area contributed by atoms with Crippen LogP contribution < -0.4 is 10.1 Å². The van der Waals surface area contributed by atoms with Crippen LogP contribution in [-0.4, -0.2) is 17.0 Å². The highest BCUT2D eigenvalue weighted by Crippen LogP contribution is 2.21. The Hall–Kier alpha value is -3.34. The van der Waals surface area contributed by atoms with Crippen LogP contribution in [0.3, 0.4) is 0 Å². The lowest BCUT2D eigenvalue weighted by molar-refractivity contribution is -0.138. The molecule has 27 heavy (non-hydrogen) atoms. The lowest BCUT2D eigenvalue weighted by Gasteiger charge is -2.11. The Kier molecular flexibility index (Phi) is 6.05. The lowest BCUT2D eigenvalue weighted by Crippen LogP contribution is -2.23. The smallest absolute Gasteiger partial charge is 0.303 e. The molecule has 0 radical (unpaired) electrons. The second kappa shape index (κ2) is 8.85. The Morgan fingerprint density at radius 1 is 0.926 bits per heavy atom. The Labute approximate surface area is 157 Å². The molecule has 0 unspecified atom stereocenters. The summed E-state index contributed by atoms with van der Waals surface area (Å²) in [6, 6.07) is 21.8. The van der Waals surface area contributed by atoms with Gasteiger partial charge < -0.3 is 15.2 Å². The first kappa shape index (κ1) is 18.5. The number of aliphatic carboxylic acids is 1. The average molecular weight is 363 g/mol. The number of carboxylic acids is 1. The van der Waals surface area contributed by atoms with Crippen molar-refractivity contribution >= 4 is 22.6 Å². The third kappa shape index (κ3) is 5.31. The Bertz CT molecular complexity index is 946.